The van der Waals surface area contributed by atoms with E-state index in [1.807, 2.05) is 18.2 Å². The van der Waals surface area contributed by atoms with E-state index in [4.69, 9.17) is 4.74 Å². The maximum Gasteiger partial charge on any atom is 0.321 e. The van der Waals surface area contributed by atoms with Gasteiger partial charge in [-0.3, -0.25) is 14.9 Å². The number of rotatable bonds is 5. The molecule has 3 rings (SSSR count). The van der Waals surface area contributed by atoms with E-state index in [-0.39, 0.29) is 18.0 Å². The predicted molar refractivity (Wildman–Crippen MR) is 110 cm³/mol. The molecule has 0 unspecified atom stereocenters. The minimum absolute atomic E-state index is 0.102. The number of hydrogen-bond acceptors (Lipinski definition) is 5. The Morgan fingerprint density at radius 2 is 1.63 bits per heavy atom. The van der Waals surface area contributed by atoms with Gasteiger partial charge in [0.25, 0.3) is 5.91 Å². The SMILES string of the molecule is O=C(COC(=O)C1CCN(C(=O)Nc2ccccc2)CC1)NC(=O)NC1CCCC1. The van der Waals surface area contributed by atoms with Crippen LogP contribution in [-0.4, -0.2) is 54.6 Å². The van der Waals surface area contributed by atoms with Crippen molar-refractivity contribution in [3.8, 4) is 0 Å². The maximum absolute atomic E-state index is 12.3. The molecule has 2 aliphatic rings. The van der Waals surface area contributed by atoms with Gasteiger partial charge in [-0.25, -0.2) is 9.59 Å². The highest BCUT2D eigenvalue weighted by Crippen LogP contribution is 2.20. The van der Waals surface area contributed by atoms with Crippen LogP contribution in [0.1, 0.15) is 38.5 Å². The molecule has 30 heavy (non-hydrogen) atoms. The zero-order valence-electron chi connectivity index (χ0n) is 16.9. The van der Waals surface area contributed by atoms with Crippen LogP contribution in [0.25, 0.3) is 0 Å². The Hall–Kier alpha value is -3.10. The van der Waals surface area contributed by atoms with Crippen molar-refractivity contribution in [2.75, 3.05) is 25.0 Å². The number of imide groups is 1. The number of piperidine rings is 1. The van der Waals surface area contributed by atoms with Gasteiger partial charge in [-0.05, 0) is 37.8 Å². The molecule has 3 N–H and O–H groups in total. The number of nitrogens with zero attached hydrogens (tertiary/aromatic N) is 1. The molecular weight excluding hydrogens is 388 g/mol. The maximum atomic E-state index is 12.3. The lowest BCUT2D eigenvalue weighted by Gasteiger charge is -2.30. The largest absolute Gasteiger partial charge is 0.455 e. The van der Waals surface area contributed by atoms with E-state index in [2.05, 4.69) is 16.0 Å². The van der Waals surface area contributed by atoms with Gasteiger partial charge in [-0.15, -0.1) is 0 Å². The summed E-state index contributed by atoms with van der Waals surface area (Å²) in [6, 6.07) is 8.50. The average molecular weight is 416 g/mol. The highest BCUT2D eigenvalue weighted by molar-refractivity contribution is 5.95. The summed E-state index contributed by atoms with van der Waals surface area (Å²) in [7, 11) is 0. The van der Waals surface area contributed by atoms with Crippen LogP contribution in [0, 0.1) is 5.92 Å². The van der Waals surface area contributed by atoms with Gasteiger partial charge in [-0.2, -0.15) is 0 Å². The zero-order valence-corrected chi connectivity index (χ0v) is 16.9. The number of carbonyl (C=O) groups excluding carboxylic acids is 4. The zero-order chi connectivity index (χ0) is 21.3. The number of esters is 1. The van der Waals surface area contributed by atoms with E-state index in [1.54, 1.807) is 17.0 Å². The molecule has 9 nitrogen and oxygen atoms in total. The molecule has 9 heteroatoms. The third kappa shape index (κ3) is 6.47. The fraction of sp³-hybridized carbons (Fsp3) is 0.524. The summed E-state index contributed by atoms with van der Waals surface area (Å²) in [4.78, 5) is 49.7. The fourth-order valence-electron chi connectivity index (χ4n) is 3.75. The fourth-order valence-corrected chi connectivity index (χ4v) is 3.75. The second kappa shape index (κ2) is 10.6. The van der Waals surface area contributed by atoms with Crippen molar-refractivity contribution in [2.45, 2.75) is 44.6 Å². The molecular formula is C21H28N4O5. The van der Waals surface area contributed by atoms with Crippen molar-refractivity contribution in [1.82, 2.24) is 15.5 Å². The quantitative estimate of drug-likeness (QED) is 0.637. The third-order valence-corrected chi connectivity index (χ3v) is 5.43. The Balaban J connectivity index is 1.33. The van der Waals surface area contributed by atoms with E-state index in [1.165, 1.54) is 0 Å². The van der Waals surface area contributed by atoms with Crippen LogP contribution < -0.4 is 16.0 Å². The van der Waals surface area contributed by atoms with Gasteiger partial charge in [0.2, 0.25) is 0 Å². The minimum atomic E-state index is -0.654. The van der Waals surface area contributed by atoms with Crippen molar-refractivity contribution < 1.29 is 23.9 Å². The van der Waals surface area contributed by atoms with Crippen molar-refractivity contribution in [2.24, 2.45) is 5.92 Å². The normalized spacial score (nSPS) is 17.3. The van der Waals surface area contributed by atoms with Gasteiger partial charge in [0, 0.05) is 24.8 Å². The van der Waals surface area contributed by atoms with Crippen LogP contribution in [0.2, 0.25) is 0 Å². The van der Waals surface area contributed by atoms with Crippen molar-refractivity contribution in [3.63, 3.8) is 0 Å². The molecule has 1 aliphatic heterocycles. The summed E-state index contributed by atoms with van der Waals surface area (Å²) in [5.41, 5.74) is 0.715. The van der Waals surface area contributed by atoms with Gasteiger partial charge in [0.1, 0.15) is 0 Å². The second-order valence-electron chi connectivity index (χ2n) is 7.67. The molecule has 1 saturated heterocycles. The number of likely N-dealkylation sites (tertiary alicyclic amines) is 1. The summed E-state index contributed by atoms with van der Waals surface area (Å²) in [6.07, 6.45) is 4.90. The van der Waals surface area contributed by atoms with E-state index in [0.29, 0.717) is 31.6 Å². The van der Waals surface area contributed by atoms with Crippen LogP contribution >= 0.6 is 0 Å². The number of anilines is 1. The number of hydrogen-bond donors (Lipinski definition) is 3. The van der Waals surface area contributed by atoms with Gasteiger partial charge >= 0.3 is 18.0 Å². The van der Waals surface area contributed by atoms with Crippen molar-refractivity contribution >= 4 is 29.6 Å². The minimum Gasteiger partial charge on any atom is -0.455 e. The molecule has 5 amide bonds. The number of ether oxygens (including phenoxy) is 1. The van der Waals surface area contributed by atoms with E-state index >= 15 is 0 Å². The van der Waals surface area contributed by atoms with Crippen LogP contribution in [0.15, 0.2) is 30.3 Å². The molecule has 0 aromatic heterocycles. The number of urea groups is 2. The molecule has 1 aliphatic carbocycles. The van der Waals surface area contributed by atoms with E-state index in [9.17, 15) is 19.2 Å². The van der Waals surface area contributed by atoms with E-state index < -0.39 is 24.5 Å². The molecule has 1 saturated carbocycles. The van der Waals surface area contributed by atoms with Crippen LogP contribution in [0.3, 0.4) is 0 Å². The molecule has 1 aromatic rings. The number of nitrogens with one attached hydrogen (secondary N) is 3. The monoisotopic (exact) mass is 416 g/mol. The Bertz CT molecular complexity index is 756. The van der Waals surface area contributed by atoms with Gasteiger partial charge < -0.3 is 20.3 Å². The Morgan fingerprint density at radius 1 is 0.967 bits per heavy atom. The summed E-state index contributed by atoms with van der Waals surface area (Å²) in [6.45, 7) is 0.356. The van der Waals surface area contributed by atoms with Crippen molar-refractivity contribution in [1.29, 1.82) is 0 Å². The van der Waals surface area contributed by atoms with Gasteiger partial charge in [0.15, 0.2) is 6.61 Å². The summed E-state index contributed by atoms with van der Waals surface area (Å²) in [5, 5.41) is 7.74. The first-order valence-electron chi connectivity index (χ1n) is 10.4. The third-order valence-electron chi connectivity index (χ3n) is 5.43. The highest BCUT2D eigenvalue weighted by Gasteiger charge is 2.29. The standard InChI is InChI=1S/C21H28N4O5/c26-18(24-20(28)22-16-8-4-5-9-16)14-30-19(27)15-10-12-25(13-11-15)21(29)23-17-6-2-1-3-7-17/h1-3,6-7,15-16H,4-5,8-14H2,(H,23,29)(H2,22,24,26,28). The molecule has 1 heterocycles. The van der Waals surface area contributed by atoms with Crippen LogP contribution in [0.5, 0.6) is 0 Å². The lowest BCUT2D eigenvalue weighted by Crippen LogP contribution is -2.45. The number of amides is 5. The lowest BCUT2D eigenvalue weighted by molar-refractivity contribution is -0.153. The Kier molecular flexibility index (Phi) is 7.64. The molecule has 0 spiro atoms. The Labute approximate surface area is 175 Å². The van der Waals surface area contributed by atoms with Crippen LogP contribution in [-0.2, 0) is 14.3 Å². The first-order valence-corrected chi connectivity index (χ1v) is 10.4. The first-order chi connectivity index (χ1) is 14.5. The smallest absolute Gasteiger partial charge is 0.321 e. The lowest BCUT2D eigenvalue weighted by atomic mass is 9.97. The number of benzene rings is 1. The summed E-state index contributed by atoms with van der Waals surface area (Å²) < 4.78 is 5.06. The molecule has 1 aromatic carbocycles. The molecule has 162 valence electrons. The van der Waals surface area contributed by atoms with Gasteiger partial charge in [0.05, 0.1) is 5.92 Å². The number of carbonyl (C=O) groups is 4. The Morgan fingerprint density at radius 3 is 2.30 bits per heavy atom. The first kappa shape index (κ1) is 21.6. The van der Waals surface area contributed by atoms with Gasteiger partial charge in [-0.1, -0.05) is 31.0 Å². The molecule has 2 fully saturated rings. The predicted octanol–water partition coefficient (Wildman–Crippen LogP) is 2.24. The highest BCUT2D eigenvalue weighted by atomic mass is 16.5. The molecule has 0 atom stereocenters. The number of para-hydroxylation sites is 1. The topological polar surface area (TPSA) is 117 Å². The van der Waals surface area contributed by atoms with Crippen LogP contribution in [0.4, 0.5) is 15.3 Å². The average Bonchev–Trinajstić information content (AvgIpc) is 3.25. The molecule has 0 radical (unpaired) electrons. The second-order valence-corrected chi connectivity index (χ2v) is 7.67. The molecule has 0 bridgehead atoms. The van der Waals surface area contributed by atoms with Crippen molar-refractivity contribution in [3.05, 3.63) is 30.3 Å². The summed E-state index contributed by atoms with van der Waals surface area (Å²) >= 11 is 0. The summed E-state index contributed by atoms with van der Waals surface area (Å²) in [5.74, 6) is -1.51. The van der Waals surface area contributed by atoms with E-state index in [0.717, 1.165) is 25.7 Å².